The van der Waals surface area contributed by atoms with E-state index in [0.29, 0.717) is 25.6 Å². The lowest BCUT2D eigenvalue weighted by Gasteiger charge is -2.13. The standard InChI is InChI=1S/C17H24F3N7O/c1-4-12-11(13(5-2)28-27-12)10-25-15(21-3)23-8-9-24-16-22-7-6-14(26-16)17(18,19)20/h6-7H,4-5,8-10H2,1-3H3,(H2,21,23,25)(H,22,24,26). The Hall–Kier alpha value is -2.85. The molecule has 2 aromatic heterocycles. The van der Waals surface area contributed by atoms with Crippen LogP contribution in [-0.4, -0.2) is 41.2 Å². The van der Waals surface area contributed by atoms with E-state index < -0.39 is 11.9 Å². The second-order valence-electron chi connectivity index (χ2n) is 5.78. The molecule has 2 rings (SSSR count). The summed E-state index contributed by atoms with van der Waals surface area (Å²) < 4.78 is 43.3. The predicted octanol–water partition coefficient (Wildman–Crippen LogP) is 2.39. The van der Waals surface area contributed by atoms with Crippen molar-refractivity contribution in [3.8, 4) is 0 Å². The highest BCUT2D eigenvalue weighted by Gasteiger charge is 2.32. The van der Waals surface area contributed by atoms with Crippen LogP contribution in [0.2, 0.25) is 0 Å². The highest BCUT2D eigenvalue weighted by atomic mass is 19.4. The third-order valence-electron chi connectivity index (χ3n) is 3.91. The lowest BCUT2D eigenvalue weighted by Crippen LogP contribution is -2.39. The van der Waals surface area contributed by atoms with Crippen molar-refractivity contribution in [2.45, 2.75) is 39.4 Å². The summed E-state index contributed by atoms with van der Waals surface area (Å²) in [7, 11) is 1.63. The SMILES string of the molecule is CCc1noc(CC)c1CNC(=NC)NCCNc1nccc(C(F)(F)F)n1. The molecule has 2 aromatic rings. The first-order valence-corrected chi connectivity index (χ1v) is 8.93. The van der Waals surface area contributed by atoms with Crippen LogP contribution in [0.15, 0.2) is 21.8 Å². The molecule has 0 unspecified atom stereocenters. The fourth-order valence-corrected chi connectivity index (χ4v) is 2.49. The summed E-state index contributed by atoms with van der Waals surface area (Å²) in [6.07, 6.45) is -1.91. The van der Waals surface area contributed by atoms with Gasteiger partial charge >= 0.3 is 6.18 Å². The Morgan fingerprint density at radius 2 is 1.96 bits per heavy atom. The average molecular weight is 399 g/mol. The van der Waals surface area contributed by atoms with Gasteiger partial charge in [-0.1, -0.05) is 19.0 Å². The molecule has 0 aromatic carbocycles. The van der Waals surface area contributed by atoms with Crippen molar-refractivity contribution in [2.24, 2.45) is 4.99 Å². The Bertz CT molecular complexity index is 768. The van der Waals surface area contributed by atoms with Crippen molar-refractivity contribution in [1.29, 1.82) is 0 Å². The van der Waals surface area contributed by atoms with E-state index in [1.54, 1.807) is 7.05 Å². The molecule has 0 fully saturated rings. The number of aliphatic imine (C=N–C) groups is 1. The van der Waals surface area contributed by atoms with Gasteiger partial charge in [0.25, 0.3) is 0 Å². The van der Waals surface area contributed by atoms with Gasteiger partial charge in [0.1, 0.15) is 11.5 Å². The number of rotatable bonds is 8. The predicted molar refractivity (Wildman–Crippen MR) is 99.0 cm³/mol. The first kappa shape index (κ1) is 21.5. The zero-order valence-corrected chi connectivity index (χ0v) is 16.0. The highest BCUT2D eigenvalue weighted by Crippen LogP contribution is 2.27. The third-order valence-corrected chi connectivity index (χ3v) is 3.91. The van der Waals surface area contributed by atoms with E-state index in [0.717, 1.165) is 42.1 Å². The third kappa shape index (κ3) is 5.83. The Morgan fingerprint density at radius 3 is 2.61 bits per heavy atom. The van der Waals surface area contributed by atoms with Gasteiger partial charge in [-0.2, -0.15) is 13.2 Å². The number of aromatic nitrogens is 3. The first-order valence-electron chi connectivity index (χ1n) is 8.93. The number of alkyl halides is 3. The summed E-state index contributed by atoms with van der Waals surface area (Å²) in [5.74, 6) is 1.31. The molecule has 2 heterocycles. The molecule has 0 radical (unpaired) electrons. The number of nitrogens with zero attached hydrogens (tertiary/aromatic N) is 4. The van der Waals surface area contributed by atoms with Crippen molar-refractivity contribution in [3.05, 3.63) is 35.0 Å². The maximum Gasteiger partial charge on any atom is 0.433 e. The summed E-state index contributed by atoms with van der Waals surface area (Å²) in [6, 6.07) is 0.828. The quantitative estimate of drug-likeness (QED) is 0.356. The molecular formula is C17H24F3N7O. The van der Waals surface area contributed by atoms with Gasteiger partial charge in [0.15, 0.2) is 5.96 Å². The zero-order chi connectivity index (χ0) is 20.6. The minimum absolute atomic E-state index is 0.0794. The molecule has 0 aliphatic carbocycles. The molecule has 3 N–H and O–H groups in total. The lowest BCUT2D eigenvalue weighted by molar-refractivity contribution is -0.141. The largest absolute Gasteiger partial charge is 0.433 e. The highest BCUT2D eigenvalue weighted by molar-refractivity contribution is 5.79. The van der Waals surface area contributed by atoms with E-state index in [1.165, 1.54) is 0 Å². The number of nitrogens with one attached hydrogen (secondary N) is 3. The zero-order valence-electron chi connectivity index (χ0n) is 16.0. The molecule has 0 saturated heterocycles. The van der Waals surface area contributed by atoms with Crippen LogP contribution in [0, 0.1) is 0 Å². The van der Waals surface area contributed by atoms with E-state index in [1.807, 2.05) is 13.8 Å². The van der Waals surface area contributed by atoms with Gasteiger partial charge in [-0.15, -0.1) is 0 Å². The van der Waals surface area contributed by atoms with E-state index in [9.17, 15) is 13.2 Å². The lowest BCUT2D eigenvalue weighted by atomic mass is 10.1. The molecule has 28 heavy (non-hydrogen) atoms. The van der Waals surface area contributed by atoms with Crippen molar-refractivity contribution >= 4 is 11.9 Å². The second-order valence-corrected chi connectivity index (χ2v) is 5.78. The second kappa shape index (κ2) is 9.90. The molecule has 154 valence electrons. The van der Waals surface area contributed by atoms with Crippen molar-refractivity contribution in [1.82, 2.24) is 25.8 Å². The maximum atomic E-state index is 12.7. The molecule has 0 bridgehead atoms. The van der Waals surface area contributed by atoms with Gasteiger partial charge in [-0.25, -0.2) is 9.97 Å². The van der Waals surface area contributed by atoms with Crippen LogP contribution in [0.4, 0.5) is 19.1 Å². The van der Waals surface area contributed by atoms with Crippen LogP contribution in [0.5, 0.6) is 0 Å². The molecular weight excluding hydrogens is 375 g/mol. The van der Waals surface area contributed by atoms with Crippen molar-refractivity contribution in [2.75, 3.05) is 25.5 Å². The van der Waals surface area contributed by atoms with E-state index >= 15 is 0 Å². The van der Waals surface area contributed by atoms with Crippen LogP contribution in [0.25, 0.3) is 0 Å². The van der Waals surface area contributed by atoms with E-state index in [2.05, 4.69) is 36.1 Å². The van der Waals surface area contributed by atoms with Gasteiger partial charge in [-0.05, 0) is 12.5 Å². The Labute approximate surface area is 161 Å². The van der Waals surface area contributed by atoms with Crippen molar-refractivity contribution < 1.29 is 17.7 Å². The monoisotopic (exact) mass is 399 g/mol. The molecule has 0 aliphatic rings. The normalized spacial score (nSPS) is 12.1. The Morgan fingerprint density at radius 1 is 1.18 bits per heavy atom. The van der Waals surface area contributed by atoms with Gasteiger partial charge in [0.2, 0.25) is 5.95 Å². The number of guanidine groups is 1. The number of hydrogen-bond donors (Lipinski definition) is 3. The minimum atomic E-state index is -4.50. The summed E-state index contributed by atoms with van der Waals surface area (Å²) in [5, 5.41) is 13.1. The van der Waals surface area contributed by atoms with E-state index in [-0.39, 0.29) is 5.95 Å². The summed E-state index contributed by atoms with van der Waals surface area (Å²) in [4.78, 5) is 11.4. The number of hydrogen-bond acceptors (Lipinski definition) is 6. The molecule has 11 heteroatoms. The van der Waals surface area contributed by atoms with Crippen LogP contribution in [-0.2, 0) is 25.6 Å². The number of halogens is 3. The maximum absolute atomic E-state index is 12.7. The summed E-state index contributed by atoms with van der Waals surface area (Å²) >= 11 is 0. The van der Waals surface area contributed by atoms with Crippen molar-refractivity contribution in [3.63, 3.8) is 0 Å². The van der Waals surface area contributed by atoms with Gasteiger partial charge in [0, 0.05) is 44.9 Å². The Kier molecular flexibility index (Phi) is 7.59. The van der Waals surface area contributed by atoms with Gasteiger partial charge < -0.3 is 20.5 Å². The smallest absolute Gasteiger partial charge is 0.361 e. The fourth-order valence-electron chi connectivity index (χ4n) is 2.49. The van der Waals surface area contributed by atoms with Gasteiger partial charge in [0.05, 0.1) is 5.69 Å². The van der Waals surface area contributed by atoms with Crippen LogP contribution in [0.1, 0.15) is 36.6 Å². The fraction of sp³-hybridized carbons (Fsp3) is 0.529. The van der Waals surface area contributed by atoms with E-state index in [4.69, 9.17) is 4.52 Å². The summed E-state index contributed by atoms with van der Waals surface area (Å²) in [6.45, 7) is 5.24. The topological polar surface area (TPSA) is 100 Å². The Balaban J connectivity index is 1.81. The van der Waals surface area contributed by atoms with Crippen LogP contribution >= 0.6 is 0 Å². The van der Waals surface area contributed by atoms with Crippen LogP contribution in [0.3, 0.4) is 0 Å². The first-order chi connectivity index (χ1) is 13.4. The molecule has 0 amide bonds. The molecule has 8 nitrogen and oxygen atoms in total. The number of anilines is 1. The molecule has 0 atom stereocenters. The summed E-state index contributed by atoms with van der Waals surface area (Å²) in [5.41, 5.74) is 0.939. The number of aryl methyl sites for hydroxylation is 2. The molecule has 0 spiro atoms. The van der Waals surface area contributed by atoms with Crippen LogP contribution < -0.4 is 16.0 Å². The average Bonchev–Trinajstić information content (AvgIpc) is 3.09. The molecule has 0 saturated carbocycles. The minimum Gasteiger partial charge on any atom is -0.361 e. The van der Waals surface area contributed by atoms with Gasteiger partial charge in [-0.3, -0.25) is 4.99 Å². The molecule has 0 aliphatic heterocycles.